The summed E-state index contributed by atoms with van der Waals surface area (Å²) in [5.41, 5.74) is 0. The van der Waals surface area contributed by atoms with Crippen molar-refractivity contribution in [1.82, 2.24) is 4.31 Å². The first kappa shape index (κ1) is 14.5. The van der Waals surface area contributed by atoms with Crippen LogP contribution in [0.25, 0.3) is 0 Å². The van der Waals surface area contributed by atoms with Crippen molar-refractivity contribution in [2.75, 3.05) is 13.2 Å². The second kappa shape index (κ2) is 5.58. The van der Waals surface area contributed by atoms with Gasteiger partial charge in [0.05, 0.1) is 11.5 Å². The number of aliphatic hydroxyl groups excluding tert-OH is 1. The number of nitrogens with zero attached hydrogens (tertiary/aromatic N) is 1. The molecule has 1 heterocycles. The highest BCUT2D eigenvalue weighted by Crippen LogP contribution is 2.31. The second-order valence-corrected chi connectivity index (χ2v) is 7.80. The molecule has 1 fully saturated rings. The van der Waals surface area contributed by atoms with E-state index < -0.39 is 10.0 Å². The van der Waals surface area contributed by atoms with Crippen molar-refractivity contribution >= 4 is 41.9 Å². The average molecular weight is 399 g/mol. The fourth-order valence-electron chi connectivity index (χ4n) is 2.11. The molecule has 0 aromatic heterocycles. The molecule has 0 radical (unpaired) electrons. The van der Waals surface area contributed by atoms with Crippen molar-refractivity contribution in [3.63, 3.8) is 0 Å². The molecule has 1 atom stereocenters. The highest BCUT2D eigenvalue weighted by molar-refractivity contribution is 9.11. The summed E-state index contributed by atoms with van der Waals surface area (Å²) in [5.74, 6) is 0. The van der Waals surface area contributed by atoms with Gasteiger partial charge in [0, 0.05) is 21.5 Å². The minimum absolute atomic E-state index is 0.134. The third kappa shape index (κ3) is 2.65. The van der Waals surface area contributed by atoms with E-state index in [1.165, 1.54) is 4.31 Å². The number of aliphatic hydroxyl groups is 1. The molecule has 1 aromatic rings. The lowest BCUT2D eigenvalue weighted by atomic mass is 10.2. The molecule has 0 bridgehead atoms. The fourth-order valence-corrected chi connectivity index (χ4v) is 5.26. The maximum atomic E-state index is 12.5. The second-order valence-electron chi connectivity index (χ2n) is 4.17. The maximum absolute atomic E-state index is 12.5. The van der Waals surface area contributed by atoms with E-state index in [-0.39, 0.29) is 17.5 Å². The van der Waals surface area contributed by atoms with Crippen LogP contribution >= 0.6 is 31.9 Å². The van der Waals surface area contributed by atoms with Gasteiger partial charge in [-0.2, -0.15) is 4.31 Å². The number of rotatable bonds is 3. The van der Waals surface area contributed by atoms with E-state index in [4.69, 9.17) is 0 Å². The maximum Gasteiger partial charge on any atom is 0.244 e. The summed E-state index contributed by atoms with van der Waals surface area (Å²) in [6.45, 7) is 0.331. The average Bonchev–Trinajstić information content (AvgIpc) is 2.81. The van der Waals surface area contributed by atoms with Gasteiger partial charge in [0.15, 0.2) is 0 Å². The number of benzene rings is 1. The first-order chi connectivity index (χ1) is 8.46. The largest absolute Gasteiger partial charge is 0.395 e. The fraction of sp³-hybridized carbons (Fsp3) is 0.455. The summed E-state index contributed by atoms with van der Waals surface area (Å²) < 4.78 is 27.7. The summed E-state index contributed by atoms with van der Waals surface area (Å²) in [6.07, 6.45) is 1.50. The van der Waals surface area contributed by atoms with E-state index in [9.17, 15) is 13.5 Å². The Kier molecular flexibility index (Phi) is 4.48. The van der Waals surface area contributed by atoms with Crippen molar-refractivity contribution in [3.8, 4) is 0 Å². The molecule has 0 spiro atoms. The zero-order chi connectivity index (χ0) is 13.3. The van der Waals surface area contributed by atoms with Gasteiger partial charge in [-0.3, -0.25) is 0 Å². The number of hydrogen-bond donors (Lipinski definition) is 1. The van der Waals surface area contributed by atoms with Gasteiger partial charge in [-0.25, -0.2) is 8.42 Å². The normalized spacial score (nSPS) is 21.4. The third-order valence-electron chi connectivity index (χ3n) is 3.01. The minimum atomic E-state index is -3.56. The van der Waals surface area contributed by atoms with Crippen LogP contribution in [0.2, 0.25) is 0 Å². The third-order valence-corrected chi connectivity index (χ3v) is 6.45. The Hall–Kier alpha value is 0.0500. The SMILES string of the molecule is O=S(=O)(c1cc(Br)ccc1Br)N1CCC[C@@H]1CO. The monoisotopic (exact) mass is 397 g/mol. The van der Waals surface area contributed by atoms with E-state index >= 15 is 0 Å². The standard InChI is InChI=1S/C11H13Br2NO3S/c12-8-3-4-10(13)11(6-8)18(16,17)14-5-1-2-9(14)7-15/h3-4,6,9,15H,1-2,5,7H2/t9-/m1/s1. The molecule has 0 aliphatic carbocycles. The molecule has 4 nitrogen and oxygen atoms in total. The molecule has 7 heteroatoms. The Balaban J connectivity index is 2.45. The van der Waals surface area contributed by atoms with Crippen LogP contribution in [-0.4, -0.2) is 37.0 Å². The van der Waals surface area contributed by atoms with Crippen molar-refractivity contribution in [2.24, 2.45) is 0 Å². The van der Waals surface area contributed by atoms with Crippen molar-refractivity contribution < 1.29 is 13.5 Å². The van der Waals surface area contributed by atoms with Gasteiger partial charge >= 0.3 is 0 Å². The van der Waals surface area contributed by atoms with Crippen LogP contribution in [0, 0.1) is 0 Å². The van der Waals surface area contributed by atoms with E-state index in [0.717, 1.165) is 6.42 Å². The summed E-state index contributed by atoms with van der Waals surface area (Å²) in [7, 11) is -3.56. The predicted octanol–water partition coefficient (Wildman–Crippen LogP) is 2.36. The molecule has 1 saturated heterocycles. The molecule has 0 saturated carbocycles. The molecule has 100 valence electrons. The number of halogens is 2. The molecule has 0 unspecified atom stereocenters. The van der Waals surface area contributed by atoms with E-state index in [2.05, 4.69) is 31.9 Å². The molecular weight excluding hydrogens is 386 g/mol. The van der Waals surface area contributed by atoms with Gasteiger partial charge in [0.25, 0.3) is 0 Å². The van der Waals surface area contributed by atoms with Crippen LogP contribution in [0.3, 0.4) is 0 Å². The van der Waals surface area contributed by atoms with Crippen molar-refractivity contribution in [3.05, 3.63) is 27.1 Å². The first-order valence-corrected chi connectivity index (χ1v) is 8.57. The Labute approximate surface area is 123 Å². The lowest BCUT2D eigenvalue weighted by molar-refractivity contribution is 0.213. The molecule has 0 amide bonds. The molecule has 1 aliphatic heterocycles. The van der Waals surface area contributed by atoms with E-state index in [0.29, 0.717) is 21.9 Å². The highest BCUT2D eigenvalue weighted by Gasteiger charge is 2.35. The smallest absolute Gasteiger partial charge is 0.244 e. The Morgan fingerprint density at radius 2 is 2.11 bits per heavy atom. The van der Waals surface area contributed by atoms with Gasteiger partial charge in [0.2, 0.25) is 10.0 Å². The van der Waals surface area contributed by atoms with Crippen molar-refractivity contribution in [1.29, 1.82) is 0 Å². The lowest BCUT2D eigenvalue weighted by Gasteiger charge is -2.23. The molecule has 1 aromatic carbocycles. The molecule has 1 N–H and O–H groups in total. The van der Waals surface area contributed by atoms with Crippen LogP contribution in [0.5, 0.6) is 0 Å². The van der Waals surface area contributed by atoms with Gasteiger partial charge in [-0.05, 0) is 47.0 Å². The summed E-state index contributed by atoms with van der Waals surface area (Å²) >= 11 is 6.54. The topological polar surface area (TPSA) is 57.6 Å². The summed E-state index contributed by atoms with van der Waals surface area (Å²) in [6, 6.07) is 4.74. The van der Waals surface area contributed by atoms with E-state index in [1.807, 2.05) is 0 Å². The molecule has 18 heavy (non-hydrogen) atoms. The molecular formula is C11H13Br2NO3S. The Morgan fingerprint density at radius 1 is 1.39 bits per heavy atom. The summed E-state index contributed by atoms with van der Waals surface area (Å²) in [5, 5.41) is 9.24. The Morgan fingerprint density at radius 3 is 2.78 bits per heavy atom. The van der Waals surface area contributed by atoms with Crippen LogP contribution in [0.1, 0.15) is 12.8 Å². The molecule has 1 aliphatic rings. The lowest BCUT2D eigenvalue weighted by Crippen LogP contribution is -2.37. The Bertz CT molecular complexity index is 547. The van der Waals surface area contributed by atoms with Crippen LogP contribution < -0.4 is 0 Å². The van der Waals surface area contributed by atoms with Crippen LogP contribution in [0.15, 0.2) is 32.0 Å². The van der Waals surface area contributed by atoms with Gasteiger partial charge in [-0.1, -0.05) is 15.9 Å². The quantitative estimate of drug-likeness (QED) is 0.850. The van der Waals surface area contributed by atoms with Crippen LogP contribution in [0.4, 0.5) is 0 Å². The van der Waals surface area contributed by atoms with Gasteiger partial charge in [0.1, 0.15) is 0 Å². The summed E-state index contributed by atoms with van der Waals surface area (Å²) in [4.78, 5) is 0.234. The molecule has 2 rings (SSSR count). The number of sulfonamides is 1. The zero-order valence-corrected chi connectivity index (χ0v) is 13.5. The van der Waals surface area contributed by atoms with Gasteiger partial charge in [-0.15, -0.1) is 0 Å². The van der Waals surface area contributed by atoms with Gasteiger partial charge < -0.3 is 5.11 Å². The zero-order valence-electron chi connectivity index (χ0n) is 9.51. The van der Waals surface area contributed by atoms with Crippen LogP contribution in [-0.2, 0) is 10.0 Å². The minimum Gasteiger partial charge on any atom is -0.395 e. The van der Waals surface area contributed by atoms with E-state index in [1.54, 1.807) is 18.2 Å². The predicted molar refractivity (Wildman–Crippen MR) is 75.8 cm³/mol. The number of hydrogen-bond acceptors (Lipinski definition) is 3. The highest BCUT2D eigenvalue weighted by atomic mass is 79.9. The first-order valence-electron chi connectivity index (χ1n) is 5.54. The van der Waals surface area contributed by atoms with Crippen molar-refractivity contribution in [2.45, 2.75) is 23.8 Å².